The summed E-state index contributed by atoms with van der Waals surface area (Å²) in [6.45, 7) is 1.67. The van der Waals surface area contributed by atoms with E-state index in [0.29, 0.717) is 23.6 Å². The standard InChI is InChI=1S/C15H14N2O2/c1-11(18)14-3-2-10-17-15(14)19-13-6-4-12(5-7-13)8-9-16/h2-7,10-11,18H,8H2,1H3. The molecule has 0 radical (unpaired) electrons. The average molecular weight is 254 g/mol. The lowest BCUT2D eigenvalue weighted by Gasteiger charge is -2.11. The van der Waals surface area contributed by atoms with E-state index in [0.717, 1.165) is 5.56 Å². The minimum absolute atomic E-state index is 0.378. The maximum atomic E-state index is 9.64. The summed E-state index contributed by atoms with van der Waals surface area (Å²) in [5.41, 5.74) is 1.58. The average Bonchev–Trinajstić information content (AvgIpc) is 2.42. The molecular formula is C15H14N2O2. The molecule has 1 N–H and O–H groups in total. The van der Waals surface area contributed by atoms with Gasteiger partial charge in [0, 0.05) is 11.8 Å². The third-order valence-corrected chi connectivity index (χ3v) is 2.67. The first-order chi connectivity index (χ1) is 9.20. The molecule has 0 aliphatic heterocycles. The van der Waals surface area contributed by atoms with Crippen molar-refractivity contribution in [3.63, 3.8) is 0 Å². The van der Waals surface area contributed by atoms with Crippen molar-refractivity contribution in [2.45, 2.75) is 19.4 Å². The van der Waals surface area contributed by atoms with Crippen LogP contribution in [0, 0.1) is 11.3 Å². The van der Waals surface area contributed by atoms with E-state index in [1.807, 2.05) is 12.1 Å². The number of aliphatic hydroxyl groups excluding tert-OH is 1. The van der Waals surface area contributed by atoms with Gasteiger partial charge in [-0.25, -0.2) is 4.98 Å². The second-order valence-electron chi connectivity index (χ2n) is 4.15. The van der Waals surface area contributed by atoms with Gasteiger partial charge in [0.05, 0.1) is 18.6 Å². The minimum Gasteiger partial charge on any atom is -0.439 e. The monoisotopic (exact) mass is 254 g/mol. The van der Waals surface area contributed by atoms with Crippen LogP contribution in [0.25, 0.3) is 0 Å². The van der Waals surface area contributed by atoms with E-state index in [2.05, 4.69) is 11.1 Å². The van der Waals surface area contributed by atoms with Gasteiger partial charge in [0.15, 0.2) is 0 Å². The fourth-order valence-electron chi connectivity index (χ4n) is 1.68. The Labute approximate surface area is 111 Å². The van der Waals surface area contributed by atoms with Crippen molar-refractivity contribution in [3.8, 4) is 17.7 Å². The summed E-state index contributed by atoms with van der Waals surface area (Å²) in [6, 6.07) is 12.9. The van der Waals surface area contributed by atoms with Crippen LogP contribution in [0.1, 0.15) is 24.2 Å². The number of aromatic nitrogens is 1. The second-order valence-corrected chi connectivity index (χ2v) is 4.15. The zero-order valence-electron chi connectivity index (χ0n) is 10.6. The molecule has 0 bridgehead atoms. The van der Waals surface area contributed by atoms with Gasteiger partial charge < -0.3 is 9.84 Å². The van der Waals surface area contributed by atoms with E-state index in [1.54, 1.807) is 37.4 Å². The summed E-state index contributed by atoms with van der Waals surface area (Å²) in [4.78, 5) is 4.12. The molecule has 2 aromatic rings. The first-order valence-electron chi connectivity index (χ1n) is 5.97. The lowest BCUT2D eigenvalue weighted by molar-refractivity contribution is 0.194. The zero-order valence-corrected chi connectivity index (χ0v) is 10.6. The van der Waals surface area contributed by atoms with Crippen LogP contribution >= 0.6 is 0 Å². The van der Waals surface area contributed by atoms with Gasteiger partial charge in [-0.05, 0) is 36.8 Å². The molecule has 1 heterocycles. The number of pyridine rings is 1. The van der Waals surface area contributed by atoms with Gasteiger partial charge in [0.2, 0.25) is 5.88 Å². The van der Waals surface area contributed by atoms with Crippen LogP contribution in [0.4, 0.5) is 0 Å². The summed E-state index contributed by atoms with van der Waals surface area (Å²) < 4.78 is 5.65. The third kappa shape index (κ3) is 3.30. The first-order valence-corrected chi connectivity index (χ1v) is 5.97. The highest BCUT2D eigenvalue weighted by Crippen LogP contribution is 2.27. The molecule has 0 saturated heterocycles. The number of aliphatic hydroxyl groups is 1. The van der Waals surface area contributed by atoms with E-state index in [9.17, 15) is 5.11 Å². The first kappa shape index (κ1) is 13.1. The van der Waals surface area contributed by atoms with Crippen LogP contribution in [0.2, 0.25) is 0 Å². The molecule has 1 atom stereocenters. The van der Waals surface area contributed by atoms with Crippen molar-refractivity contribution in [2.75, 3.05) is 0 Å². The highest BCUT2D eigenvalue weighted by molar-refractivity contribution is 5.35. The molecule has 0 aliphatic carbocycles. The van der Waals surface area contributed by atoms with Crippen LogP contribution in [0.15, 0.2) is 42.6 Å². The quantitative estimate of drug-likeness (QED) is 0.910. The van der Waals surface area contributed by atoms with Crippen molar-refractivity contribution in [1.29, 1.82) is 5.26 Å². The van der Waals surface area contributed by atoms with Gasteiger partial charge in [0.25, 0.3) is 0 Å². The van der Waals surface area contributed by atoms with Crippen LogP contribution in [-0.4, -0.2) is 10.1 Å². The highest BCUT2D eigenvalue weighted by atomic mass is 16.5. The second kappa shape index (κ2) is 5.98. The lowest BCUT2D eigenvalue weighted by Crippen LogP contribution is -1.98. The van der Waals surface area contributed by atoms with Gasteiger partial charge in [-0.2, -0.15) is 5.26 Å². The van der Waals surface area contributed by atoms with Gasteiger partial charge in [-0.15, -0.1) is 0 Å². The Morgan fingerprint density at radius 3 is 2.68 bits per heavy atom. The van der Waals surface area contributed by atoms with Crippen molar-refractivity contribution in [1.82, 2.24) is 4.98 Å². The molecule has 1 unspecified atom stereocenters. The molecule has 4 nitrogen and oxygen atoms in total. The maximum Gasteiger partial charge on any atom is 0.225 e. The Morgan fingerprint density at radius 2 is 2.05 bits per heavy atom. The van der Waals surface area contributed by atoms with Gasteiger partial charge in [-0.1, -0.05) is 12.1 Å². The number of ether oxygens (including phenoxy) is 1. The van der Waals surface area contributed by atoms with Crippen LogP contribution in [0.5, 0.6) is 11.6 Å². The van der Waals surface area contributed by atoms with Gasteiger partial charge >= 0.3 is 0 Å². The minimum atomic E-state index is -0.637. The molecule has 0 saturated carbocycles. The fourth-order valence-corrected chi connectivity index (χ4v) is 1.68. The van der Waals surface area contributed by atoms with Gasteiger partial charge in [-0.3, -0.25) is 0 Å². The highest BCUT2D eigenvalue weighted by Gasteiger charge is 2.10. The van der Waals surface area contributed by atoms with Crippen LogP contribution in [-0.2, 0) is 6.42 Å². The SMILES string of the molecule is CC(O)c1cccnc1Oc1ccc(CC#N)cc1. The van der Waals surface area contributed by atoms with Crippen molar-refractivity contribution in [2.24, 2.45) is 0 Å². The Morgan fingerprint density at radius 1 is 1.32 bits per heavy atom. The summed E-state index contributed by atoms with van der Waals surface area (Å²) in [6.07, 6.45) is 1.36. The van der Waals surface area contributed by atoms with E-state index >= 15 is 0 Å². The van der Waals surface area contributed by atoms with E-state index in [-0.39, 0.29) is 0 Å². The molecule has 0 spiro atoms. The largest absolute Gasteiger partial charge is 0.439 e. The molecule has 0 fully saturated rings. The van der Waals surface area contributed by atoms with Crippen molar-refractivity contribution < 1.29 is 9.84 Å². The van der Waals surface area contributed by atoms with Crippen molar-refractivity contribution in [3.05, 3.63) is 53.7 Å². The molecule has 1 aromatic carbocycles. The number of rotatable bonds is 4. The van der Waals surface area contributed by atoms with E-state index in [4.69, 9.17) is 10.00 Å². The molecule has 96 valence electrons. The molecular weight excluding hydrogens is 240 g/mol. The number of nitriles is 1. The maximum absolute atomic E-state index is 9.64. The smallest absolute Gasteiger partial charge is 0.225 e. The number of nitrogens with zero attached hydrogens (tertiary/aromatic N) is 2. The summed E-state index contributed by atoms with van der Waals surface area (Å²) in [5.74, 6) is 1.02. The lowest BCUT2D eigenvalue weighted by atomic mass is 10.1. The Balaban J connectivity index is 2.19. The third-order valence-electron chi connectivity index (χ3n) is 2.67. The normalized spacial score (nSPS) is 11.6. The number of benzene rings is 1. The Kier molecular flexibility index (Phi) is 4.11. The van der Waals surface area contributed by atoms with Gasteiger partial charge in [0.1, 0.15) is 5.75 Å². The zero-order chi connectivity index (χ0) is 13.7. The van der Waals surface area contributed by atoms with E-state index in [1.165, 1.54) is 0 Å². The number of hydrogen-bond acceptors (Lipinski definition) is 4. The molecule has 0 aliphatic rings. The summed E-state index contributed by atoms with van der Waals surface area (Å²) in [7, 11) is 0. The predicted octanol–water partition coefficient (Wildman–Crippen LogP) is 2.99. The summed E-state index contributed by atoms with van der Waals surface area (Å²) in [5, 5.41) is 18.2. The molecule has 2 rings (SSSR count). The molecule has 19 heavy (non-hydrogen) atoms. The summed E-state index contributed by atoms with van der Waals surface area (Å²) >= 11 is 0. The topological polar surface area (TPSA) is 66.1 Å². The molecule has 4 heteroatoms. The van der Waals surface area contributed by atoms with Crippen LogP contribution < -0.4 is 4.74 Å². The van der Waals surface area contributed by atoms with Crippen molar-refractivity contribution >= 4 is 0 Å². The fraction of sp³-hybridized carbons (Fsp3) is 0.200. The Bertz CT molecular complexity index is 586. The van der Waals surface area contributed by atoms with E-state index < -0.39 is 6.10 Å². The molecule has 0 amide bonds. The predicted molar refractivity (Wildman–Crippen MR) is 70.7 cm³/mol. The van der Waals surface area contributed by atoms with Crippen LogP contribution in [0.3, 0.4) is 0 Å². The molecule has 1 aromatic heterocycles. The number of hydrogen-bond donors (Lipinski definition) is 1. The Hall–Kier alpha value is -2.38.